The van der Waals surface area contributed by atoms with E-state index in [0.717, 1.165) is 49.2 Å². The van der Waals surface area contributed by atoms with Crippen LogP contribution in [-0.4, -0.2) is 58.5 Å². The van der Waals surface area contributed by atoms with Crippen molar-refractivity contribution in [2.45, 2.75) is 25.4 Å². The molecule has 3 aromatic heterocycles. The van der Waals surface area contributed by atoms with Gasteiger partial charge in [0.25, 0.3) is 5.91 Å². The first kappa shape index (κ1) is 23.2. The maximum atomic E-state index is 11.4. The Bertz CT molecular complexity index is 1280. The Kier molecular flexibility index (Phi) is 6.87. The number of furan rings is 1. The summed E-state index contributed by atoms with van der Waals surface area (Å²) >= 11 is 6.55. The van der Waals surface area contributed by atoms with Gasteiger partial charge in [0.15, 0.2) is 12.3 Å². The minimum atomic E-state index is -0.182. The van der Waals surface area contributed by atoms with Crippen LogP contribution in [0.2, 0.25) is 5.02 Å². The monoisotopic (exact) mass is 494 g/mol. The quantitative estimate of drug-likeness (QED) is 0.339. The SMILES string of the molecule is CNC(=O)COc1ccc(-c2nc3ncc(Cl)c(NC4CCN(Cc5ccoc5)CC4)c3[nH]2)cc1. The van der Waals surface area contributed by atoms with Crippen molar-refractivity contribution >= 4 is 34.4 Å². The Labute approximate surface area is 207 Å². The second-order valence-corrected chi connectivity index (χ2v) is 8.98. The standard InChI is InChI=1S/C25H27ClN6O3/c1-27-21(33)15-35-19-4-2-17(3-5-19)24-30-23-22(20(26)12-28-25(23)31-24)29-18-6-9-32(10-7-18)13-16-8-11-34-14-16/h2-5,8,11-12,14,18H,6-7,9-10,13,15H2,1H3,(H,27,33)(H2,28,29,30,31). The van der Waals surface area contributed by atoms with E-state index in [-0.39, 0.29) is 12.5 Å². The molecule has 0 bridgehead atoms. The number of rotatable bonds is 8. The van der Waals surface area contributed by atoms with E-state index in [0.29, 0.717) is 28.3 Å². The van der Waals surface area contributed by atoms with Crippen LogP contribution in [0.5, 0.6) is 5.75 Å². The van der Waals surface area contributed by atoms with Crippen LogP contribution in [0.4, 0.5) is 5.69 Å². The van der Waals surface area contributed by atoms with Crippen LogP contribution in [0.15, 0.2) is 53.5 Å². The van der Waals surface area contributed by atoms with Gasteiger partial charge in [-0.2, -0.15) is 0 Å². The molecule has 4 aromatic rings. The highest BCUT2D eigenvalue weighted by Crippen LogP contribution is 2.32. The molecule has 0 unspecified atom stereocenters. The molecule has 10 heteroatoms. The van der Waals surface area contributed by atoms with Crippen molar-refractivity contribution in [3.05, 3.63) is 59.6 Å². The first-order valence-corrected chi connectivity index (χ1v) is 11.9. The third kappa shape index (κ3) is 5.41. The molecule has 1 aromatic carbocycles. The number of benzene rings is 1. The Hall–Kier alpha value is -3.56. The van der Waals surface area contributed by atoms with E-state index in [9.17, 15) is 4.79 Å². The highest BCUT2D eigenvalue weighted by molar-refractivity contribution is 6.34. The number of ether oxygens (including phenoxy) is 1. The number of piperidine rings is 1. The Morgan fingerprint density at radius 2 is 2.06 bits per heavy atom. The zero-order valence-corrected chi connectivity index (χ0v) is 20.1. The molecular weight excluding hydrogens is 468 g/mol. The molecule has 0 radical (unpaired) electrons. The molecule has 1 amide bonds. The first-order chi connectivity index (χ1) is 17.1. The van der Waals surface area contributed by atoms with E-state index in [1.807, 2.05) is 30.3 Å². The number of likely N-dealkylation sites (tertiary alicyclic amines) is 1. The minimum Gasteiger partial charge on any atom is -0.484 e. The summed E-state index contributed by atoms with van der Waals surface area (Å²) in [6.45, 7) is 2.87. The van der Waals surface area contributed by atoms with Gasteiger partial charge >= 0.3 is 0 Å². The molecule has 5 rings (SSSR count). The predicted octanol–water partition coefficient (Wildman–Crippen LogP) is 4.07. The maximum absolute atomic E-state index is 11.4. The normalized spacial score (nSPS) is 14.8. The second kappa shape index (κ2) is 10.4. The third-order valence-electron chi connectivity index (χ3n) is 6.17. The summed E-state index contributed by atoms with van der Waals surface area (Å²) in [4.78, 5) is 26.3. The number of halogens is 1. The number of pyridine rings is 1. The Morgan fingerprint density at radius 1 is 1.26 bits per heavy atom. The fourth-order valence-electron chi connectivity index (χ4n) is 4.22. The Morgan fingerprint density at radius 3 is 2.77 bits per heavy atom. The highest BCUT2D eigenvalue weighted by Gasteiger charge is 2.22. The van der Waals surface area contributed by atoms with Gasteiger partial charge in [-0.15, -0.1) is 0 Å². The lowest BCUT2D eigenvalue weighted by Crippen LogP contribution is -2.38. The van der Waals surface area contributed by atoms with Crippen molar-refractivity contribution < 1.29 is 13.9 Å². The molecule has 0 spiro atoms. The van der Waals surface area contributed by atoms with Gasteiger partial charge in [0.2, 0.25) is 0 Å². The molecule has 1 saturated heterocycles. The van der Waals surface area contributed by atoms with Crippen LogP contribution < -0.4 is 15.4 Å². The van der Waals surface area contributed by atoms with Gasteiger partial charge < -0.3 is 24.8 Å². The zero-order valence-electron chi connectivity index (χ0n) is 19.4. The molecule has 182 valence electrons. The molecular formula is C25H27ClN6O3. The van der Waals surface area contributed by atoms with Crippen LogP contribution in [0.25, 0.3) is 22.6 Å². The number of hydrogen-bond acceptors (Lipinski definition) is 7. The van der Waals surface area contributed by atoms with Crippen LogP contribution in [0, 0.1) is 0 Å². The van der Waals surface area contributed by atoms with E-state index >= 15 is 0 Å². The molecule has 1 aliphatic heterocycles. The summed E-state index contributed by atoms with van der Waals surface area (Å²) in [6, 6.07) is 9.72. The minimum absolute atomic E-state index is 0.0276. The summed E-state index contributed by atoms with van der Waals surface area (Å²) in [7, 11) is 1.57. The topological polar surface area (TPSA) is 108 Å². The lowest BCUT2D eigenvalue weighted by atomic mass is 10.0. The number of hydrogen-bond donors (Lipinski definition) is 3. The smallest absolute Gasteiger partial charge is 0.257 e. The number of aromatic amines is 1. The number of imidazole rings is 1. The summed E-state index contributed by atoms with van der Waals surface area (Å²) in [5.41, 5.74) is 4.29. The van der Waals surface area contributed by atoms with Gasteiger partial charge in [0.1, 0.15) is 17.1 Å². The van der Waals surface area contributed by atoms with Crippen molar-refractivity contribution in [2.75, 3.05) is 32.1 Å². The first-order valence-electron chi connectivity index (χ1n) is 11.6. The Balaban J connectivity index is 1.27. The average molecular weight is 495 g/mol. The summed E-state index contributed by atoms with van der Waals surface area (Å²) in [5.74, 6) is 1.11. The van der Waals surface area contributed by atoms with E-state index in [1.54, 1.807) is 25.8 Å². The number of carbonyl (C=O) groups is 1. The molecule has 1 aliphatic rings. The fourth-order valence-corrected chi connectivity index (χ4v) is 4.42. The number of aromatic nitrogens is 3. The highest BCUT2D eigenvalue weighted by atomic mass is 35.5. The van der Waals surface area contributed by atoms with Crippen LogP contribution in [-0.2, 0) is 11.3 Å². The number of amides is 1. The zero-order chi connectivity index (χ0) is 24.2. The number of nitrogens with zero attached hydrogens (tertiary/aromatic N) is 3. The van der Waals surface area contributed by atoms with Crippen LogP contribution in [0.3, 0.4) is 0 Å². The lowest BCUT2D eigenvalue weighted by molar-refractivity contribution is -0.122. The van der Waals surface area contributed by atoms with Crippen LogP contribution >= 0.6 is 11.6 Å². The van der Waals surface area contributed by atoms with Gasteiger partial charge in [-0.25, -0.2) is 9.97 Å². The number of carbonyl (C=O) groups excluding carboxylic acids is 1. The average Bonchev–Trinajstić information content (AvgIpc) is 3.56. The van der Waals surface area contributed by atoms with Gasteiger partial charge in [0.05, 0.1) is 29.4 Å². The van der Waals surface area contributed by atoms with E-state index in [4.69, 9.17) is 20.8 Å². The summed E-state index contributed by atoms with van der Waals surface area (Å²) in [5, 5.41) is 6.72. The van der Waals surface area contributed by atoms with E-state index in [2.05, 4.69) is 30.5 Å². The summed E-state index contributed by atoms with van der Waals surface area (Å²) in [6.07, 6.45) is 7.18. The molecule has 9 nitrogen and oxygen atoms in total. The van der Waals surface area contributed by atoms with E-state index < -0.39 is 0 Å². The number of fused-ring (bicyclic) bond motifs is 1. The van der Waals surface area contributed by atoms with Gasteiger partial charge in [-0.1, -0.05) is 11.6 Å². The van der Waals surface area contributed by atoms with Crippen molar-refractivity contribution in [3.63, 3.8) is 0 Å². The molecule has 1 fully saturated rings. The van der Waals surface area contributed by atoms with Crippen molar-refractivity contribution in [2.24, 2.45) is 0 Å². The van der Waals surface area contributed by atoms with Crippen LogP contribution in [0.1, 0.15) is 18.4 Å². The molecule has 0 atom stereocenters. The fraction of sp³-hybridized carbons (Fsp3) is 0.320. The van der Waals surface area contributed by atoms with Crippen molar-refractivity contribution in [1.29, 1.82) is 0 Å². The predicted molar refractivity (Wildman–Crippen MR) is 135 cm³/mol. The van der Waals surface area contributed by atoms with Gasteiger partial charge in [-0.05, 0) is 43.2 Å². The molecule has 0 saturated carbocycles. The number of H-pyrrole nitrogens is 1. The largest absolute Gasteiger partial charge is 0.484 e. The lowest BCUT2D eigenvalue weighted by Gasteiger charge is -2.32. The van der Waals surface area contributed by atoms with Crippen molar-refractivity contribution in [3.8, 4) is 17.1 Å². The van der Waals surface area contributed by atoms with E-state index in [1.165, 1.54) is 5.56 Å². The molecule has 35 heavy (non-hydrogen) atoms. The summed E-state index contributed by atoms with van der Waals surface area (Å²) < 4.78 is 10.7. The molecule has 3 N–H and O–H groups in total. The van der Waals surface area contributed by atoms with Gasteiger partial charge in [-0.3, -0.25) is 9.69 Å². The number of anilines is 1. The van der Waals surface area contributed by atoms with Gasteiger partial charge in [0, 0.05) is 43.9 Å². The molecule has 4 heterocycles. The number of likely N-dealkylation sites (N-methyl/N-ethyl adjacent to an activating group) is 1. The van der Waals surface area contributed by atoms with Crippen molar-refractivity contribution in [1.82, 2.24) is 25.2 Å². The molecule has 0 aliphatic carbocycles. The second-order valence-electron chi connectivity index (χ2n) is 8.58. The number of nitrogens with one attached hydrogen (secondary N) is 3. The third-order valence-corrected chi connectivity index (χ3v) is 6.46. The maximum Gasteiger partial charge on any atom is 0.257 e.